The molecule has 1 aliphatic rings. The largest absolute Gasteiger partial charge is 0.274 e. The molecule has 2 aromatic carbocycles. The third-order valence-electron chi connectivity index (χ3n) is 5.04. The first-order valence-electron chi connectivity index (χ1n) is 9.48. The number of anilines is 1. The van der Waals surface area contributed by atoms with Gasteiger partial charge in [-0.15, -0.1) is 11.3 Å². The Bertz CT molecular complexity index is 1300. The van der Waals surface area contributed by atoms with Crippen molar-refractivity contribution in [3.63, 3.8) is 0 Å². The summed E-state index contributed by atoms with van der Waals surface area (Å²) in [6.07, 6.45) is -0.329. The lowest BCUT2D eigenvalue weighted by atomic mass is 10.2. The van der Waals surface area contributed by atoms with Crippen LogP contribution in [0.3, 0.4) is 0 Å². The van der Waals surface area contributed by atoms with E-state index >= 15 is 0 Å². The maximum atomic E-state index is 13.4. The Morgan fingerprint density at radius 3 is 2.38 bits per heavy atom. The molecule has 2 heterocycles. The molecule has 1 aromatic heterocycles. The second kappa shape index (κ2) is 8.63. The van der Waals surface area contributed by atoms with Gasteiger partial charge in [-0.2, -0.15) is 9.57 Å². The van der Waals surface area contributed by atoms with Crippen LogP contribution in [-0.2, 0) is 26.2 Å². The molecule has 1 atom stereocenters. The quantitative estimate of drug-likeness (QED) is 0.516. The third kappa shape index (κ3) is 4.05. The van der Waals surface area contributed by atoms with Crippen LogP contribution in [-0.4, -0.2) is 30.6 Å². The van der Waals surface area contributed by atoms with Crippen molar-refractivity contribution in [3.05, 3.63) is 82.3 Å². The Labute approximate surface area is 188 Å². The molecular formula is C22H16FN3O4S2. The smallest absolute Gasteiger partial charge is 0.252 e. The normalized spacial score (nSPS) is 16.5. The Kier molecular flexibility index (Phi) is 5.88. The number of nitriles is 1. The summed E-state index contributed by atoms with van der Waals surface area (Å²) in [6, 6.07) is 14.4. The molecule has 2 amide bonds. The van der Waals surface area contributed by atoms with Crippen molar-refractivity contribution in [2.24, 2.45) is 0 Å². The second-order valence-electron chi connectivity index (χ2n) is 7.03. The van der Waals surface area contributed by atoms with Crippen LogP contribution in [0.4, 0.5) is 10.1 Å². The molecule has 0 spiro atoms. The summed E-state index contributed by atoms with van der Waals surface area (Å²) in [5, 5.41) is 10.7. The molecule has 162 valence electrons. The van der Waals surface area contributed by atoms with Crippen LogP contribution in [0.15, 0.2) is 70.9 Å². The monoisotopic (exact) mass is 469 g/mol. The van der Waals surface area contributed by atoms with Gasteiger partial charge in [0.15, 0.2) is 0 Å². The zero-order valence-electron chi connectivity index (χ0n) is 16.5. The highest BCUT2D eigenvalue weighted by atomic mass is 32.2. The van der Waals surface area contributed by atoms with Crippen LogP contribution in [0.25, 0.3) is 0 Å². The summed E-state index contributed by atoms with van der Waals surface area (Å²) in [4.78, 5) is 27.4. The highest BCUT2D eigenvalue weighted by Gasteiger charge is 2.47. The average molecular weight is 470 g/mol. The number of thiophene rings is 1. The summed E-state index contributed by atoms with van der Waals surface area (Å²) in [6.45, 7) is -0.109. The summed E-state index contributed by atoms with van der Waals surface area (Å²) < 4.78 is 41.2. The molecule has 7 nitrogen and oxygen atoms in total. The first-order chi connectivity index (χ1) is 15.3. The van der Waals surface area contributed by atoms with E-state index in [-0.39, 0.29) is 23.5 Å². The standard InChI is InChI=1S/C22H16FN3O4S2/c23-16-5-9-19(10-6-16)32(29,30)25(14-18-2-1-11-31-18)20-12-21(27)26(22(20)28)17-7-3-15(13-24)4-8-17/h1-11,20H,12,14H2. The fourth-order valence-corrected chi connectivity index (χ4v) is 5.80. The molecule has 0 bridgehead atoms. The van der Waals surface area contributed by atoms with Crippen LogP contribution >= 0.6 is 11.3 Å². The fraction of sp³-hybridized carbons (Fsp3) is 0.136. The van der Waals surface area contributed by atoms with E-state index in [0.717, 1.165) is 33.5 Å². The zero-order chi connectivity index (χ0) is 22.9. The van der Waals surface area contributed by atoms with E-state index in [0.29, 0.717) is 10.4 Å². The Balaban J connectivity index is 1.72. The van der Waals surface area contributed by atoms with Crippen LogP contribution in [0.5, 0.6) is 0 Å². The summed E-state index contributed by atoms with van der Waals surface area (Å²) in [5.74, 6) is -1.81. The van der Waals surface area contributed by atoms with Gasteiger partial charge in [0.25, 0.3) is 5.91 Å². The number of carbonyl (C=O) groups excluding carboxylic acids is 2. The molecule has 1 saturated heterocycles. The van der Waals surface area contributed by atoms with Crippen LogP contribution in [0, 0.1) is 17.1 Å². The maximum absolute atomic E-state index is 13.4. The number of carbonyl (C=O) groups is 2. The van der Waals surface area contributed by atoms with Crippen molar-refractivity contribution < 1.29 is 22.4 Å². The molecule has 1 unspecified atom stereocenters. The summed E-state index contributed by atoms with van der Waals surface area (Å²) in [7, 11) is -4.22. The number of halogens is 1. The Morgan fingerprint density at radius 2 is 1.78 bits per heavy atom. The Morgan fingerprint density at radius 1 is 1.09 bits per heavy atom. The molecule has 4 rings (SSSR count). The number of rotatable bonds is 6. The van der Waals surface area contributed by atoms with E-state index in [4.69, 9.17) is 5.26 Å². The Hall–Kier alpha value is -3.39. The van der Waals surface area contributed by atoms with E-state index < -0.39 is 33.7 Å². The molecule has 32 heavy (non-hydrogen) atoms. The van der Waals surface area contributed by atoms with Crippen LogP contribution < -0.4 is 4.90 Å². The molecule has 0 saturated carbocycles. The van der Waals surface area contributed by atoms with Crippen LogP contribution in [0.1, 0.15) is 16.9 Å². The van der Waals surface area contributed by atoms with Gasteiger partial charge in [-0.25, -0.2) is 17.7 Å². The van der Waals surface area contributed by atoms with Crippen molar-refractivity contribution in [1.82, 2.24) is 4.31 Å². The minimum absolute atomic E-state index is 0.109. The molecule has 1 fully saturated rings. The van der Waals surface area contributed by atoms with Gasteiger partial charge in [0, 0.05) is 11.4 Å². The summed E-state index contributed by atoms with van der Waals surface area (Å²) >= 11 is 1.32. The number of imide groups is 1. The number of hydrogen-bond donors (Lipinski definition) is 0. The molecule has 0 aliphatic carbocycles. The topological polar surface area (TPSA) is 98.5 Å². The highest BCUT2D eigenvalue weighted by molar-refractivity contribution is 7.89. The van der Waals surface area contributed by atoms with Gasteiger partial charge >= 0.3 is 0 Å². The molecule has 0 radical (unpaired) electrons. The highest BCUT2D eigenvalue weighted by Crippen LogP contribution is 2.31. The first kappa shape index (κ1) is 21.8. The second-order valence-corrected chi connectivity index (χ2v) is 9.95. The van der Waals surface area contributed by atoms with E-state index in [1.54, 1.807) is 17.5 Å². The zero-order valence-corrected chi connectivity index (χ0v) is 18.1. The van der Waals surface area contributed by atoms with Crippen molar-refractivity contribution >= 4 is 38.9 Å². The van der Waals surface area contributed by atoms with Gasteiger partial charge in [-0.05, 0) is 60.0 Å². The first-order valence-corrected chi connectivity index (χ1v) is 11.8. The van der Waals surface area contributed by atoms with Crippen molar-refractivity contribution in [2.45, 2.75) is 23.9 Å². The predicted octanol–water partition coefficient (Wildman–Crippen LogP) is 3.28. The predicted molar refractivity (Wildman–Crippen MR) is 116 cm³/mol. The van der Waals surface area contributed by atoms with E-state index in [2.05, 4.69) is 0 Å². The lowest BCUT2D eigenvalue weighted by Crippen LogP contribution is -2.44. The van der Waals surface area contributed by atoms with Crippen molar-refractivity contribution in [2.75, 3.05) is 4.90 Å². The van der Waals surface area contributed by atoms with E-state index in [1.165, 1.54) is 35.6 Å². The molecule has 0 N–H and O–H groups in total. The molecule has 1 aliphatic heterocycles. The lowest BCUT2D eigenvalue weighted by Gasteiger charge is -2.26. The van der Waals surface area contributed by atoms with E-state index in [9.17, 15) is 22.4 Å². The number of hydrogen-bond acceptors (Lipinski definition) is 6. The lowest BCUT2D eigenvalue weighted by molar-refractivity contribution is -0.122. The van der Waals surface area contributed by atoms with Crippen molar-refractivity contribution in [3.8, 4) is 6.07 Å². The maximum Gasteiger partial charge on any atom is 0.252 e. The minimum atomic E-state index is -4.22. The SMILES string of the molecule is N#Cc1ccc(N2C(=O)CC(N(Cc3cccs3)S(=O)(=O)c3ccc(F)cc3)C2=O)cc1. The number of sulfonamides is 1. The van der Waals surface area contributed by atoms with E-state index in [1.807, 2.05) is 6.07 Å². The molecular weight excluding hydrogens is 453 g/mol. The number of amides is 2. The van der Waals surface area contributed by atoms with Gasteiger partial charge in [0.1, 0.15) is 11.9 Å². The van der Waals surface area contributed by atoms with Gasteiger partial charge in [0.05, 0.1) is 28.6 Å². The summed E-state index contributed by atoms with van der Waals surface area (Å²) in [5.41, 5.74) is 0.624. The fourth-order valence-electron chi connectivity index (χ4n) is 3.46. The van der Waals surface area contributed by atoms with Gasteiger partial charge in [-0.3, -0.25) is 9.59 Å². The third-order valence-corrected chi connectivity index (χ3v) is 7.77. The van der Waals surface area contributed by atoms with Gasteiger partial charge in [-0.1, -0.05) is 6.07 Å². The van der Waals surface area contributed by atoms with Gasteiger partial charge < -0.3 is 0 Å². The molecule has 3 aromatic rings. The van der Waals surface area contributed by atoms with Crippen LogP contribution in [0.2, 0.25) is 0 Å². The average Bonchev–Trinajstić information content (AvgIpc) is 3.40. The van der Waals surface area contributed by atoms with Gasteiger partial charge in [0.2, 0.25) is 15.9 Å². The minimum Gasteiger partial charge on any atom is -0.274 e. The van der Waals surface area contributed by atoms with Crippen molar-refractivity contribution in [1.29, 1.82) is 5.26 Å². The molecule has 10 heteroatoms. The number of benzene rings is 2. The number of nitrogens with zero attached hydrogens (tertiary/aromatic N) is 3.